The Kier molecular flexibility index (Phi) is 9.59. The van der Waals surface area contributed by atoms with E-state index in [9.17, 15) is 0 Å². The Labute approximate surface area is 351 Å². The molecule has 0 saturated heterocycles. The van der Waals surface area contributed by atoms with E-state index in [0.717, 1.165) is 72.4 Å². The van der Waals surface area contributed by atoms with E-state index in [0.29, 0.717) is 11.5 Å². The number of aromatic nitrogens is 5. The molecule has 6 nitrogen and oxygen atoms in total. The van der Waals surface area contributed by atoms with Crippen LogP contribution in [0.2, 0.25) is 0 Å². The molecule has 0 spiro atoms. The van der Waals surface area contributed by atoms with Crippen molar-refractivity contribution in [3.05, 3.63) is 194 Å². The topological polar surface area (TPSA) is 48.8 Å². The van der Waals surface area contributed by atoms with E-state index in [-0.39, 0.29) is 26.5 Å². The van der Waals surface area contributed by atoms with Gasteiger partial charge in [0.25, 0.3) is 6.33 Å². The summed E-state index contributed by atoms with van der Waals surface area (Å²) >= 11 is 0. The molecule has 10 aromatic rings. The van der Waals surface area contributed by atoms with Crippen LogP contribution in [0.1, 0.15) is 26.3 Å². The number of ether oxygens (including phenoxy) is 1. The molecular formula is C51H37N5OPt-2. The molecule has 0 aliphatic heterocycles. The van der Waals surface area contributed by atoms with Gasteiger partial charge in [0.15, 0.2) is 0 Å². The first-order valence-corrected chi connectivity index (χ1v) is 19.1. The van der Waals surface area contributed by atoms with Gasteiger partial charge in [-0.25, -0.2) is 4.98 Å². The van der Waals surface area contributed by atoms with Gasteiger partial charge in [0.1, 0.15) is 11.5 Å². The van der Waals surface area contributed by atoms with Crippen LogP contribution in [0, 0.1) is 18.5 Å². The molecule has 284 valence electrons. The molecule has 0 aliphatic carbocycles. The zero-order chi connectivity index (χ0) is 38.5. The predicted molar refractivity (Wildman–Crippen MR) is 227 cm³/mol. The number of fused-ring (bicyclic) bond motifs is 4. The van der Waals surface area contributed by atoms with E-state index in [4.69, 9.17) is 14.7 Å². The van der Waals surface area contributed by atoms with Crippen molar-refractivity contribution in [2.45, 2.75) is 26.2 Å². The maximum atomic E-state index is 6.58. The zero-order valence-electron chi connectivity index (χ0n) is 32.1. The quantitative estimate of drug-likeness (QED) is 0.118. The van der Waals surface area contributed by atoms with Gasteiger partial charge in [-0.1, -0.05) is 129 Å². The van der Waals surface area contributed by atoms with Crippen molar-refractivity contribution in [1.82, 2.24) is 19.1 Å². The van der Waals surface area contributed by atoms with E-state index in [1.165, 1.54) is 5.56 Å². The van der Waals surface area contributed by atoms with Crippen LogP contribution in [0.25, 0.3) is 72.4 Å². The molecule has 0 N–H and O–H groups in total. The fraction of sp³-hybridized carbons (Fsp3) is 0.0784. The number of imidazole rings is 1. The van der Waals surface area contributed by atoms with Crippen LogP contribution < -0.4 is 9.30 Å². The monoisotopic (exact) mass is 930 g/mol. The Morgan fingerprint density at radius 3 is 2.09 bits per heavy atom. The van der Waals surface area contributed by atoms with Crippen LogP contribution in [0.5, 0.6) is 11.5 Å². The summed E-state index contributed by atoms with van der Waals surface area (Å²) in [6, 6.07) is 61.0. The maximum absolute atomic E-state index is 6.58. The second-order valence-electron chi connectivity index (χ2n) is 15.1. The van der Waals surface area contributed by atoms with Gasteiger partial charge in [-0.2, -0.15) is 18.2 Å². The van der Waals surface area contributed by atoms with Crippen LogP contribution in [0.15, 0.2) is 170 Å². The number of nitrogens with zero attached hydrogens (tertiary/aromatic N) is 5. The van der Waals surface area contributed by atoms with Crippen molar-refractivity contribution < 1.29 is 30.4 Å². The first-order valence-electron chi connectivity index (χ1n) is 19.1. The molecule has 10 rings (SSSR count). The van der Waals surface area contributed by atoms with Gasteiger partial charge in [0.05, 0.1) is 16.7 Å². The minimum atomic E-state index is -0.0244. The normalized spacial score (nSPS) is 11.6. The van der Waals surface area contributed by atoms with E-state index in [2.05, 4.69) is 151 Å². The van der Waals surface area contributed by atoms with Gasteiger partial charge in [-0.05, 0) is 63.0 Å². The maximum Gasteiger partial charge on any atom is 0.268 e. The number of hydrogen-bond donors (Lipinski definition) is 0. The Hall–Kier alpha value is -6.62. The first-order chi connectivity index (χ1) is 27.9. The third kappa shape index (κ3) is 6.59. The average Bonchev–Trinajstić information content (AvgIpc) is 3.80. The van der Waals surface area contributed by atoms with Crippen molar-refractivity contribution >= 4 is 32.8 Å². The smallest absolute Gasteiger partial charge is 0.268 e. The Morgan fingerprint density at radius 1 is 0.603 bits per heavy atom. The number of pyridine rings is 2. The molecule has 4 heterocycles. The van der Waals surface area contributed by atoms with E-state index < -0.39 is 0 Å². The fourth-order valence-electron chi connectivity index (χ4n) is 7.67. The molecule has 0 fully saturated rings. The fourth-order valence-corrected chi connectivity index (χ4v) is 7.67. The van der Waals surface area contributed by atoms with Crippen LogP contribution in [-0.4, -0.2) is 19.1 Å². The number of rotatable bonds is 7. The summed E-state index contributed by atoms with van der Waals surface area (Å²) in [7, 11) is 0. The molecule has 6 aromatic carbocycles. The molecule has 0 bridgehead atoms. The summed E-state index contributed by atoms with van der Waals surface area (Å²) in [5.74, 6) is 1.99. The SMILES string of the molecule is CC(C)(C)c1ccnc(-n2c3[c-]c(Oc4[c-]c(-n5[c-][n+](-c6c(-c7ccccc7)ccnc6-c6ccccc6)c6ccccc65)ccc4)ccc3c3ccccc32)c1.[Pt]. The van der Waals surface area contributed by atoms with Gasteiger partial charge in [0.2, 0.25) is 0 Å². The number of para-hydroxylation sites is 3. The minimum absolute atomic E-state index is 0. The third-order valence-electron chi connectivity index (χ3n) is 10.5. The Bertz CT molecular complexity index is 3030. The van der Waals surface area contributed by atoms with Gasteiger partial charge in [-0.3, -0.25) is 9.55 Å². The molecule has 0 saturated carbocycles. The van der Waals surface area contributed by atoms with Gasteiger partial charge in [-0.15, -0.1) is 29.7 Å². The van der Waals surface area contributed by atoms with E-state index >= 15 is 0 Å². The molecule has 0 radical (unpaired) electrons. The third-order valence-corrected chi connectivity index (χ3v) is 10.5. The molecule has 58 heavy (non-hydrogen) atoms. The Balaban J connectivity index is 0.00000436. The minimum Gasteiger partial charge on any atom is -0.510 e. The second-order valence-corrected chi connectivity index (χ2v) is 15.1. The molecule has 0 aliphatic rings. The van der Waals surface area contributed by atoms with E-state index in [1.54, 1.807) is 0 Å². The van der Waals surface area contributed by atoms with Crippen molar-refractivity contribution in [2.75, 3.05) is 0 Å². The molecule has 0 unspecified atom stereocenters. The van der Waals surface area contributed by atoms with Crippen molar-refractivity contribution in [3.8, 4) is 51.1 Å². The molecule has 7 heteroatoms. The summed E-state index contributed by atoms with van der Waals surface area (Å²) in [6.07, 6.45) is 7.48. The number of hydrogen-bond acceptors (Lipinski definition) is 3. The van der Waals surface area contributed by atoms with Crippen LogP contribution in [-0.2, 0) is 26.5 Å². The van der Waals surface area contributed by atoms with Crippen LogP contribution in [0.4, 0.5) is 0 Å². The average molecular weight is 931 g/mol. The summed E-state index contributed by atoms with van der Waals surface area (Å²) in [5, 5.41) is 2.21. The zero-order valence-corrected chi connectivity index (χ0v) is 34.4. The van der Waals surface area contributed by atoms with Gasteiger partial charge >= 0.3 is 0 Å². The van der Waals surface area contributed by atoms with Crippen LogP contribution in [0.3, 0.4) is 0 Å². The Morgan fingerprint density at radius 2 is 1.29 bits per heavy atom. The molecule has 0 amide bonds. The summed E-state index contributed by atoms with van der Waals surface area (Å²) in [4.78, 5) is 9.78. The largest absolute Gasteiger partial charge is 0.510 e. The van der Waals surface area contributed by atoms with Gasteiger partial charge < -0.3 is 13.9 Å². The standard InChI is InChI=1S/C51H37N5O.Pt/c1-51(2,3)37-27-29-52-48(31-37)56-44-22-11-10-21-42(44)43-26-25-40(33-47(43)56)57-39-20-14-19-38(32-39)54-34-55(46-24-13-12-23-45(46)54)50-41(35-15-6-4-7-16-35)28-30-53-49(50)36-17-8-5-9-18-36;/h4-31H,1-3H3;/q-2;. The summed E-state index contributed by atoms with van der Waals surface area (Å²) < 4.78 is 12.9. The first kappa shape index (κ1) is 37.0. The number of benzene rings is 6. The van der Waals surface area contributed by atoms with Crippen LogP contribution >= 0.6 is 0 Å². The molecule has 0 atom stereocenters. The van der Waals surface area contributed by atoms with Crippen molar-refractivity contribution in [3.63, 3.8) is 0 Å². The van der Waals surface area contributed by atoms with Crippen molar-refractivity contribution in [2.24, 2.45) is 0 Å². The second kappa shape index (κ2) is 15.0. The summed E-state index contributed by atoms with van der Waals surface area (Å²) in [5.41, 5.74) is 10.9. The van der Waals surface area contributed by atoms with Gasteiger partial charge in [0, 0.05) is 50.5 Å². The molecule has 4 aromatic heterocycles. The van der Waals surface area contributed by atoms with E-state index in [1.807, 2.05) is 71.6 Å². The summed E-state index contributed by atoms with van der Waals surface area (Å²) in [6.45, 7) is 6.66. The van der Waals surface area contributed by atoms with Crippen molar-refractivity contribution in [1.29, 1.82) is 0 Å². The predicted octanol–water partition coefficient (Wildman–Crippen LogP) is 11.6. The molecular weight excluding hydrogens is 894 g/mol.